The standard InChI is InChI=1S/C24H16FN7/c1-13-9-15(11-16(25)10-13)17-6-8-27-23-20(17)29-24(30-23)22-21-19(31-32-22)5-4-18(28-21)14-3-2-7-26-12-14/h2-12H,1H3,(H,31,32)(H,27,29,30). The van der Waals surface area contributed by atoms with Gasteiger partial charge < -0.3 is 4.98 Å². The van der Waals surface area contributed by atoms with Gasteiger partial charge in [-0.25, -0.2) is 19.3 Å². The number of hydrogen-bond donors (Lipinski definition) is 2. The van der Waals surface area contributed by atoms with Crippen molar-refractivity contribution in [1.29, 1.82) is 0 Å². The second-order valence-electron chi connectivity index (χ2n) is 7.57. The van der Waals surface area contributed by atoms with E-state index in [4.69, 9.17) is 4.98 Å². The Labute approximate surface area is 181 Å². The molecule has 0 aliphatic carbocycles. The molecule has 0 bridgehead atoms. The molecule has 0 spiro atoms. The molecule has 0 radical (unpaired) electrons. The first kappa shape index (κ1) is 18.3. The minimum absolute atomic E-state index is 0.282. The molecule has 0 unspecified atom stereocenters. The van der Waals surface area contributed by atoms with Crippen LogP contribution in [0.5, 0.6) is 0 Å². The van der Waals surface area contributed by atoms with E-state index in [1.165, 1.54) is 12.1 Å². The average Bonchev–Trinajstić information content (AvgIpc) is 3.42. The van der Waals surface area contributed by atoms with Gasteiger partial charge in [-0.15, -0.1) is 0 Å². The van der Waals surface area contributed by atoms with Gasteiger partial charge in [0.15, 0.2) is 17.2 Å². The first-order valence-corrected chi connectivity index (χ1v) is 10.0. The maximum Gasteiger partial charge on any atom is 0.178 e. The van der Waals surface area contributed by atoms with Crippen molar-refractivity contribution in [1.82, 2.24) is 35.1 Å². The van der Waals surface area contributed by atoms with Gasteiger partial charge >= 0.3 is 0 Å². The van der Waals surface area contributed by atoms with Crippen LogP contribution in [-0.2, 0) is 0 Å². The minimum Gasteiger partial charge on any atom is -0.335 e. The van der Waals surface area contributed by atoms with Crippen molar-refractivity contribution in [3.8, 4) is 33.9 Å². The monoisotopic (exact) mass is 421 g/mol. The van der Waals surface area contributed by atoms with Crippen LogP contribution in [0.25, 0.3) is 56.1 Å². The van der Waals surface area contributed by atoms with Gasteiger partial charge in [0, 0.05) is 29.7 Å². The number of fused-ring (bicyclic) bond motifs is 2. The molecule has 1 aromatic carbocycles. The highest BCUT2D eigenvalue weighted by molar-refractivity contribution is 5.95. The summed E-state index contributed by atoms with van der Waals surface area (Å²) < 4.78 is 14.0. The van der Waals surface area contributed by atoms with Crippen LogP contribution in [0, 0.1) is 12.7 Å². The summed E-state index contributed by atoms with van der Waals surface area (Å²) in [5.74, 6) is 0.255. The smallest absolute Gasteiger partial charge is 0.178 e. The summed E-state index contributed by atoms with van der Waals surface area (Å²) in [6, 6.07) is 14.5. The van der Waals surface area contributed by atoms with Crippen molar-refractivity contribution in [3.63, 3.8) is 0 Å². The zero-order chi connectivity index (χ0) is 21.7. The normalized spacial score (nSPS) is 11.4. The zero-order valence-electron chi connectivity index (χ0n) is 17.0. The Bertz CT molecular complexity index is 1580. The lowest BCUT2D eigenvalue weighted by Crippen LogP contribution is -1.87. The molecule has 0 aliphatic heterocycles. The van der Waals surface area contributed by atoms with E-state index in [1.54, 1.807) is 18.6 Å². The van der Waals surface area contributed by atoms with Gasteiger partial charge in [0.1, 0.15) is 11.3 Å². The molecular formula is C24H16FN7. The second kappa shape index (κ2) is 7.05. The number of aromatic nitrogens is 7. The third-order valence-electron chi connectivity index (χ3n) is 5.33. The lowest BCUT2D eigenvalue weighted by atomic mass is 10.0. The molecule has 0 aliphatic rings. The Morgan fingerprint density at radius 1 is 0.938 bits per heavy atom. The van der Waals surface area contributed by atoms with E-state index in [9.17, 15) is 4.39 Å². The van der Waals surface area contributed by atoms with Crippen LogP contribution in [0.3, 0.4) is 0 Å². The number of aryl methyl sites for hydroxylation is 1. The van der Waals surface area contributed by atoms with Crippen molar-refractivity contribution in [2.45, 2.75) is 6.92 Å². The zero-order valence-corrected chi connectivity index (χ0v) is 17.0. The minimum atomic E-state index is -0.282. The van der Waals surface area contributed by atoms with Crippen molar-refractivity contribution in [2.75, 3.05) is 0 Å². The van der Waals surface area contributed by atoms with Gasteiger partial charge in [-0.2, -0.15) is 5.10 Å². The van der Waals surface area contributed by atoms with E-state index in [0.29, 0.717) is 28.2 Å². The molecule has 0 fully saturated rings. The van der Waals surface area contributed by atoms with E-state index in [-0.39, 0.29) is 5.82 Å². The molecule has 0 saturated carbocycles. The molecule has 2 N–H and O–H groups in total. The Balaban J connectivity index is 1.52. The molecular weight excluding hydrogens is 405 g/mol. The molecule has 0 saturated heterocycles. The van der Waals surface area contributed by atoms with Crippen molar-refractivity contribution < 1.29 is 4.39 Å². The highest BCUT2D eigenvalue weighted by atomic mass is 19.1. The molecule has 0 amide bonds. The van der Waals surface area contributed by atoms with Gasteiger partial charge in [-0.3, -0.25) is 10.1 Å². The number of halogens is 1. The fraction of sp³-hybridized carbons (Fsp3) is 0.0417. The fourth-order valence-electron chi connectivity index (χ4n) is 3.89. The quantitative estimate of drug-likeness (QED) is 0.416. The Morgan fingerprint density at radius 3 is 2.72 bits per heavy atom. The predicted octanol–water partition coefficient (Wildman–Crippen LogP) is 5.07. The number of aromatic amines is 2. The molecule has 5 heterocycles. The van der Waals surface area contributed by atoms with Crippen molar-refractivity contribution in [2.24, 2.45) is 0 Å². The van der Waals surface area contributed by atoms with Crippen LogP contribution < -0.4 is 0 Å². The number of pyridine rings is 3. The summed E-state index contributed by atoms with van der Waals surface area (Å²) >= 11 is 0. The first-order chi connectivity index (χ1) is 15.7. The van der Waals surface area contributed by atoms with Crippen LogP contribution in [0.2, 0.25) is 0 Å². The van der Waals surface area contributed by atoms with E-state index < -0.39 is 0 Å². The highest BCUT2D eigenvalue weighted by Gasteiger charge is 2.17. The third kappa shape index (κ3) is 3.01. The van der Waals surface area contributed by atoms with Crippen LogP contribution in [0.15, 0.2) is 67.1 Å². The highest BCUT2D eigenvalue weighted by Crippen LogP contribution is 2.31. The number of H-pyrrole nitrogens is 2. The lowest BCUT2D eigenvalue weighted by Gasteiger charge is -2.04. The summed E-state index contributed by atoms with van der Waals surface area (Å²) in [4.78, 5) is 21.3. The summed E-state index contributed by atoms with van der Waals surface area (Å²) in [7, 11) is 0. The number of nitrogens with zero attached hydrogens (tertiary/aromatic N) is 5. The van der Waals surface area contributed by atoms with Gasteiger partial charge in [0.25, 0.3) is 0 Å². The molecule has 154 valence electrons. The third-order valence-corrected chi connectivity index (χ3v) is 5.33. The number of imidazole rings is 1. The van der Waals surface area contributed by atoms with Gasteiger partial charge in [0.05, 0.1) is 16.7 Å². The Kier molecular flexibility index (Phi) is 4.04. The molecule has 6 aromatic rings. The summed E-state index contributed by atoms with van der Waals surface area (Å²) in [6.07, 6.45) is 5.17. The van der Waals surface area contributed by atoms with Crippen LogP contribution in [0.1, 0.15) is 5.56 Å². The molecule has 0 atom stereocenters. The predicted molar refractivity (Wildman–Crippen MR) is 120 cm³/mol. The van der Waals surface area contributed by atoms with Gasteiger partial charge in [-0.1, -0.05) is 6.07 Å². The molecule has 5 aromatic heterocycles. The van der Waals surface area contributed by atoms with Crippen LogP contribution in [0.4, 0.5) is 4.39 Å². The average molecular weight is 421 g/mol. The first-order valence-electron chi connectivity index (χ1n) is 10.0. The maximum absolute atomic E-state index is 14.0. The summed E-state index contributed by atoms with van der Waals surface area (Å²) in [6.45, 7) is 1.87. The van der Waals surface area contributed by atoms with Crippen molar-refractivity contribution in [3.05, 3.63) is 78.5 Å². The largest absolute Gasteiger partial charge is 0.335 e. The van der Waals surface area contributed by atoms with E-state index >= 15 is 0 Å². The molecule has 32 heavy (non-hydrogen) atoms. The fourth-order valence-corrected chi connectivity index (χ4v) is 3.89. The van der Waals surface area contributed by atoms with Crippen molar-refractivity contribution >= 4 is 22.2 Å². The SMILES string of the molecule is Cc1cc(F)cc(-c2ccnc3nc(-c4n[nH]c5ccc(-c6cccnc6)nc45)[nH]c23)c1. The molecule has 6 rings (SSSR count). The number of nitrogens with one attached hydrogen (secondary N) is 2. The van der Waals surface area contributed by atoms with Crippen LogP contribution >= 0.6 is 0 Å². The van der Waals surface area contributed by atoms with Gasteiger partial charge in [0.2, 0.25) is 0 Å². The lowest BCUT2D eigenvalue weighted by molar-refractivity contribution is 0.627. The van der Waals surface area contributed by atoms with Crippen LogP contribution in [-0.4, -0.2) is 35.1 Å². The molecule has 7 nitrogen and oxygen atoms in total. The van der Waals surface area contributed by atoms with E-state index in [0.717, 1.165) is 33.5 Å². The van der Waals surface area contributed by atoms with E-state index in [2.05, 4.69) is 30.1 Å². The van der Waals surface area contributed by atoms with E-state index in [1.807, 2.05) is 43.3 Å². The topological polar surface area (TPSA) is 96.0 Å². The summed E-state index contributed by atoms with van der Waals surface area (Å²) in [5.41, 5.74) is 7.44. The second-order valence-corrected chi connectivity index (χ2v) is 7.57. The Hall–Kier alpha value is -4.46. The maximum atomic E-state index is 14.0. The summed E-state index contributed by atoms with van der Waals surface area (Å²) in [5, 5.41) is 7.45. The van der Waals surface area contributed by atoms with Gasteiger partial charge in [-0.05, 0) is 60.5 Å². The number of rotatable bonds is 3. The number of hydrogen-bond acceptors (Lipinski definition) is 5. The number of benzene rings is 1. The molecule has 8 heteroatoms. The Morgan fingerprint density at radius 2 is 1.88 bits per heavy atom.